The van der Waals surface area contributed by atoms with Crippen LogP contribution in [0.2, 0.25) is 0 Å². The molecule has 5 nitrogen and oxygen atoms in total. The summed E-state index contributed by atoms with van der Waals surface area (Å²) in [5.41, 5.74) is 0. The van der Waals surface area contributed by atoms with E-state index >= 15 is 0 Å². The summed E-state index contributed by atoms with van der Waals surface area (Å²) >= 11 is 0. The van der Waals surface area contributed by atoms with Crippen molar-refractivity contribution in [2.75, 3.05) is 33.3 Å². The summed E-state index contributed by atoms with van der Waals surface area (Å²) in [6, 6.07) is 0.174. The Bertz CT molecular complexity index is 313. The second-order valence-corrected chi connectivity index (χ2v) is 6.64. The van der Waals surface area contributed by atoms with E-state index in [1.807, 2.05) is 0 Å². The molecule has 0 unspecified atom stereocenters. The zero-order valence-electron chi connectivity index (χ0n) is 15.3. The van der Waals surface area contributed by atoms with Crippen LogP contribution in [0.15, 0.2) is 0 Å². The van der Waals surface area contributed by atoms with Gasteiger partial charge in [-0.1, -0.05) is 26.7 Å². The fraction of sp³-hybridized carbons (Fsp3) is 0.944. The van der Waals surface area contributed by atoms with E-state index in [9.17, 15) is 4.79 Å². The topological polar surface area (TPSA) is 53.0 Å². The molecule has 0 atom stereocenters. The van der Waals surface area contributed by atoms with Crippen molar-refractivity contribution < 1.29 is 14.6 Å². The van der Waals surface area contributed by atoms with Gasteiger partial charge in [0.2, 0.25) is 0 Å². The van der Waals surface area contributed by atoms with Gasteiger partial charge >= 0.3 is 6.09 Å². The molecule has 1 aliphatic rings. The minimum absolute atomic E-state index is 0.174. The number of amides is 1. The molecule has 1 fully saturated rings. The van der Waals surface area contributed by atoms with Crippen LogP contribution < -0.4 is 0 Å². The van der Waals surface area contributed by atoms with Gasteiger partial charge in [0.25, 0.3) is 0 Å². The summed E-state index contributed by atoms with van der Waals surface area (Å²) < 4.78 is 5.97. The third kappa shape index (κ3) is 8.02. The predicted octanol–water partition coefficient (Wildman–Crippen LogP) is 3.83. The van der Waals surface area contributed by atoms with E-state index in [1.54, 1.807) is 7.05 Å². The van der Waals surface area contributed by atoms with Crippen molar-refractivity contribution in [3.63, 3.8) is 0 Å². The smallest absolute Gasteiger partial charge is 0.407 e. The van der Waals surface area contributed by atoms with E-state index in [2.05, 4.69) is 18.7 Å². The highest BCUT2D eigenvalue weighted by molar-refractivity contribution is 5.64. The quantitative estimate of drug-likeness (QED) is 0.586. The van der Waals surface area contributed by atoms with Gasteiger partial charge in [0, 0.05) is 19.7 Å². The molecule has 0 heterocycles. The second-order valence-electron chi connectivity index (χ2n) is 6.64. The number of hydrogen-bond acceptors (Lipinski definition) is 3. The van der Waals surface area contributed by atoms with E-state index in [1.165, 1.54) is 30.7 Å². The maximum Gasteiger partial charge on any atom is 0.407 e. The Balaban J connectivity index is 1.98. The third-order valence-electron chi connectivity index (χ3n) is 5.11. The van der Waals surface area contributed by atoms with Gasteiger partial charge in [-0.2, -0.15) is 0 Å². The number of carboxylic acid groups (broad SMARTS) is 1. The van der Waals surface area contributed by atoms with Gasteiger partial charge < -0.3 is 19.6 Å². The van der Waals surface area contributed by atoms with Crippen LogP contribution in [-0.2, 0) is 4.74 Å². The van der Waals surface area contributed by atoms with Crippen molar-refractivity contribution in [2.24, 2.45) is 0 Å². The first-order valence-electron chi connectivity index (χ1n) is 9.38. The van der Waals surface area contributed by atoms with Crippen molar-refractivity contribution in [3.8, 4) is 0 Å². The molecule has 5 heteroatoms. The SMILES string of the molecule is CCN(CC)CCCCCCOC1CCC(N(C)C(=O)O)CC1. The maximum atomic E-state index is 10.9. The van der Waals surface area contributed by atoms with Gasteiger partial charge in [-0.25, -0.2) is 4.79 Å². The zero-order chi connectivity index (χ0) is 17.1. The number of unbranched alkanes of at least 4 members (excludes halogenated alkanes) is 3. The summed E-state index contributed by atoms with van der Waals surface area (Å²) in [6.07, 6.45) is 8.32. The zero-order valence-corrected chi connectivity index (χ0v) is 15.3. The number of nitrogens with zero attached hydrogens (tertiary/aromatic N) is 2. The molecule has 0 saturated heterocycles. The lowest BCUT2D eigenvalue weighted by molar-refractivity contribution is 0.00994. The van der Waals surface area contributed by atoms with Crippen LogP contribution in [0.25, 0.3) is 0 Å². The Labute approximate surface area is 142 Å². The number of carbonyl (C=O) groups is 1. The van der Waals surface area contributed by atoms with Gasteiger partial charge in [0.05, 0.1) is 6.10 Å². The Morgan fingerprint density at radius 1 is 1.04 bits per heavy atom. The first kappa shape index (κ1) is 20.2. The second kappa shape index (κ2) is 11.7. The Kier molecular flexibility index (Phi) is 10.3. The van der Waals surface area contributed by atoms with Gasteiger partial charge in [-0.15, -0.1) is 0 Å². The van der Waals surface area contributed by atoms with Crippen LogP contribution in [0.4, 0.5) is 4.79 Å². The fourth-order valence-corrected chi connectivity index (χ4v) is 3.34. The molecule has 1 saturated carbocycles. The average molecular weight is 328 g/mol. The Morgan fingerprint density at radius 2 is 1.65 bits per heavy atom. The van der Waals surface area contributed by atoms with E-state index in [0.29, 0.717) is 6.10 Å². The summed E-state index contributed by atoms with van der Waals surface area (Å²) in [7, 11) is 1.67. The summed E-state index contributed by atoms with van der Waals surface area (Å²) in [6.45, 7) is 8.82. The first-order chi connectivity index (χ1) is 11.1. The van der Waals surface area contributed by atoms with Gasteiger partial charge in [-0.3, -0.25) is 0 Å². The standard InChI is InChI=1S/C18H36N2O3/c1-4-20(5-2)14-8-6-7-9-15-23-17-12-10-16(11-13-17)19(3)18(21)22/h16-17H,4-15H2,1-3H3,(H,21,22). The van der Waals surface area contributed by atoms with Crippen molar-refractivity contribution >= 4 is 6.09 Å². The monoisotopic (exact) mass is 328 g/mol. The molecule has 0 spiro atoms. The van der Waals surface area contributed by atoms with Crippen LogP contribution in [0.3, 0.4) is 0 Å². The molecule has 0 radical (unpaired) electrons. The third-order valence-corrected chi connectivity index (χ3v) is 5.11. The lowest BCUT2D eigenvalue weighted by atomic mass is 9.92. The summed E-state index contributed by atoms with van der Waals surface area (Å²) in [5.74, 6) is 0. The molecular weight excluding hydrogens is 292 g/mol. The van der Waals surface area contributed by atoms with Crippen molar-refractivity contribution in [1.29, 1.82) is 0 Å². The number of ether oxygens (including phenoxy) is 1. The maximum absolute atomic E-state index is 10.9. The highest BCUT2D eigenvalue weighted by atomic mass is 16.5. The van der Waals surface area contributed by atoms with E-state index in [-0.39, 0.29) is 6.04 Å². The average Bonchev–Trinajstić information content (AvgIpc) is 2.57. The lowest BCUT2D eigenvalue weighted by Crippen LogP contribution is -2.39. The van der Waals surface area contributed by atoms with Crippen molar-refractivity contribution in [2.45, 2.75) is 77.4 Å². The Morgan fingerprint density at radius 3 is 2.22 bits per heavy atom. The normalized spacial score (nSPS) is 21.6. The molecule has 0 aromatic rings. The predicted molar refractivity (Wildman–Crippen MR) is 94.0 cm³/mol. The molecule has 0 bridgehead atoms. The minimum atomic E-state index is -0.820. The van der Waals surface area contributed by atoms with E-state index < -0.39 is 6.09 Å². The molecular formula is C18H36N2O3. The molecule has 0 aromatic heterocycles. The van der Waals surface area contributed by atoms with E-state index in [4.69, 9.17) is 9.84 Å². The van der Waals surface area contributed by atoms with Crippen LogP contribution in [-0.4, -0.2) is 66.4 Å². The van der Waals surface area contributed by atoms with Crippen molar-refractivity contribution in [3.05, 3.63) is 0 Å². The number of rotatable bonds is 11. The van der Waals surface area contributed by atoms with Gasteiger partial charge in [0.15, 0.2) is 0 Å². The molecule has 1 rings (SSSR count). The molecule has 136 valence electrons. The largest absolute Gasteiger partial charge is 0.465 e. The molecule has 0 aromatic carbocycles. The lowest BCUT2D eigenvalue weighted by Gasteiger charge is -2.33. The minimum Gasteiger partial charge on any atom is -0.465 e. The molecule has 1 N–H and O–H groups in total. The first-order valence-corrected chi connectivity index (χ1v) is 9.38. The highest BCUT2D eigenvalue weighted by Crippen LogP contribution is 2.24. The molecule has 1 aliphatic carbocycles. The Hall–Kier alpha value is -0.810. The van der Waals surface area contributed by atoms with Crippen molar-refractivity contribution in [1.82, 2.24) is 9.80 Å². The van der Waals surface area contributed by atoms with E-state index in [0.717, 1.165) is 51.8 Å². The summed E-state index contributed by atoms with van der Waals surface area (Å²) in [4.78, 5) is 14.9. The van der Waals surface area contributed by atoms with Gasteiger partial charge in [-0.05, 0) is 58.2 Å². The summed E-state index contributed by atoms with van der Waals surface area (Å²) in [5, 5.41) is 9.00. The highest BCUT2D eigenvalue weighted by Gasteiger charge is 2.26. The molecule has 0 aliphatic heterocycles. The molecule has 1 amide bonds. The van der Waals surface area contributed by atoms with Crippen LogP contribution in [0.1, 0.15) is 65.2 Å². The van der Waals surface area contributed by atoms with Gasteiger partial charge in [0.1, 0.15) is 0 Å². The van der Waals surface area contributed by atoms with Crippen LogP contribution >= 0.6 is 0 Å². The number of hydrogen-bond donors (Lipinski definition) is 1. The fourth-order valence-electron chi connectivity index (χ4n) is 3.34. The van der Waals surface area contributed by atoms with Crippen LogP contribution in [0, 0.1) is 0 Å². The van der Waals surface area contributed by atoms with Crippen LogP contribution in [0.5, 0.6) is 0 Å². The molecule has 23 heavy (non-hydrogen) atoms.